The van der Waals surface area contributed by atoms with Crippen LogP contribution in [0.1, 0.15) is 119 Å². The van der Waals surface area contributed by atoms with E-state index in [-0.39, 0.29) is 18.5 Å². The number of nitrogens with two attached hydrogens (primary N) is 1. The second-order valence-electron chi connectivity index (χ2n) is 25.7. The SMILES string of the molecule is CC(C)[C@H](NC(=O)[C@H](CC(=O)O)NC(=O)[C@H](Cc1ccccc1)NC(=O)[C@H](CC(=O)O)NC(=O)[C@@H](NC(=O)[C@@H](NC(=O)[C@H](CC(=O)O)NC(=O)[C@H](C)NC(=O)[C@H](CC(=O)O)NC(=O)[C@H](C)N)[C@@H](C)O)[C@@H](C)O)C(=O)N[C@@H](CC(=O)O)C(=O)N[C@@H](C)C(=O)N[C@@H](CCC(=O)O)C(=O)N[C@@H](C)C(=O)N1CCC[C@H]1C(=O)O. The van der Waals surface area contributed by atoms with Crippen molar-refractivity contribution >= 4 is 124 Å². The standard InChI is InChI=1S/C64H93N15O30/c1-25(2)47(60(104)74-36(21-43(86)87)55(99)66-27(4)51(95)69-33(16-17-41(82)83)53(97)68-29(6)63(107)79-18-12-15-40(79)64(108)109)76-58(102)39(24-46(92)93)73-56(100)34(19-32-13-10-9-11-14-32)72-57(101)37(22-44(88)89)75-61(105)48(30(7)80)78-62(106)49(31(8)81)77-59(103)38(23-45(90)91)71-52(96)28(5)67-54(98)35(20-42(84)85)70-50(94)26(3)65/h9-11,13-14,25-31,33-40,47-49,80-81H,12,15-24,65H2,1-8H3,(H,66,99)(H,67,98)(H,68,97)(H,69,95)(H,70,94)(H,71,96)(H,72,101)(H,73,100)(H,74,104)(H,75,105)(H,76,102)(H,77,103)(H,78,106)(H,82,83)(H,84,85)(H,86,87)(H,88,89)(H,90,91)(H,92,93)(H,108,109)/t26-,27-,28-,29-,30+,31+,33-,34-,35-,36-,37-,38-,39-,40-,47-,48-,49-/m0/s1. The van der Waals surface area contributed by atoms with Crippen LogP contribution in [0.15, 0.2) is 30.3 Å². The number of benzene rings is 1. The van der Waals surface area contributed by atoms with Crippen LogP contribution in [0, 0.1) is 5.92 Å². The highest BCUT2D eigenvalue weighted by Gasteiger charge is 2.42. The van der Waals surface area contributed by atoms with E-state index in [1.54, 1.807) is 0 Å². The molecule has 24 N–H and O–H groups in total. The predicted octanol–water partition coefficient (Wildman–Crippen LogP) is -9.33. The number of aliphatic carboxylic acids is 7. The van der Waals surface area contributed by atoms with Crippen molar-refractivity contribution in [2.45, 2.75) is 222 Å². The van der Waals surface area contributed by atoms with Gasteiger partial charge in [-0.1, -0.05) is 44.2 Å². The number of aliphatic hydroxyl groups is 2. The van der Waals surface area contributed by atoms with Crippen LogP contribution >= 0.6 is 0 Å². The Bertz CT molecular complexity index is 3560. The molecule has 109 heavy (non-hydrogen) atoms. The van der Waals surface area contributed by atoms with Crippen LogP contribution in [0.2, 0.25) is 0 Å². The maximum absolute atomic E-state index is 14.4. The summed E-state index contributed by atoms with van der Waals surface area (Å²) in [5, 5.41) is 116. The average molecular weight is 1550 g/mol. The first-order chi connectivity index (χ1) is 50.6. The number of carboxylic acid groups (broad SMARTS) is 7. The number of amides is 14. The van der Waals surface area contributed by atoms with Gasteiger partial charge in [0.1, 0.15) is 84.6 Å². The zero-order valence-corrected chi connectivity index (χ0v) is 60.2. The quantitative estimate of drug-likeness (QED) is 0.0288. The van der Waals surface area contributed by atoms with Crippen molar-refractivity contribution in [1.82, 2.24) is 74.0 Å². The number of likely N-dealkylation sites (tertiary alicyclic amines) is 1. The Labute approximate surface area is 619 Å². The molecule has 0 unspecified atom stereocenters. The first-order valence-electron chi connectivity index (χ1n) is 33.6. The molecular weight excluding hydrogens is 1460 g/mol. The second kappa shape index (κ2) is 44.2. The summed E-state index contributed by atoms with van der Waals surface area (Å²) < 4.78 is 0. The zero-order valence-electron chi connectivity index (χ0n) is 60.2. The Morgan fingerprint density at radius 2 is 0.688 bits per heavy atom. The summed E-state index contributed by atoms with van der Waals surface area (Å²) in [4.78, 5) is 274. The summed E-state index contributed by atoms with van der Waals surface area (Å²) in [6.07, 6.45) is -11.5. The number of nitrogens with one attached hydrogen (secondary N) is 13. The molecule has 14 amide bonds. The van der Waals surface area contributed by atoms with Crippen molar-refractivity contribution in [3.63, 3.8) is 0 Å². The Balaban J connectivity index is 2.42. The fraction of sp³-hybridized carbons (Fsp3) is 0.578. The van der Waals surface area contributed by atoms with Crippen molar-refractivity contribution in [2.24, 2.45) is 11.7 Å². The second-order valence-corrected chi connectivity index (χ2v) is 25.7. The lowest BCUT2D eigenvalue weighted by Gasteiger charge is -2.29. The Hall–Kier alpha value is -12.0. The molecule has 45 heteroatoms. The van der Waals surface area contributed by atoms with Gasteiger partial charge in [0.05, 0.1) is 50.4 Å². The van der Waals surface area contributed by atoms with E-state index in [0.29, 0.717) is 6.42 Å². The van der Waals surface area contributed by atoms with E-state index >= 15 is 0 Å². The number of nitrogens with zero attached hydrogens (tertiary/aromatic N) is 1. The summed E-state index contributed by atoms with van der Waals surface area (Å²) >= 11 is 0. The summed E-state index contributed by atoms with van der Waals surface area (Å²) in [7, 11) is 0. The first-order valence-corrected chi connectivity index (χ1v) is 33.6. The molecule has 1 aliphatic rings. The molecule has 0 radical (unpaired) electrons. The molecule has 1 fully saturated rings. The van der Waals surface area contributed by atoms with Gasteiger partial charge in [-0.05, 0) is 72.3 Å². The molecule has 0 bridgehead atoms. The third kappa shape index (κ3) is 31.9. The van der Waals surface area contributed by atoms with Crippen molar-refractivity contribution in [2.75, 3.05) is 6.54 Å². The molecule has 1 saturated heterocycles. The van der Waals surface area contributed by atoms with Gasteiger partial charge in [0.25, 0.3) is 0 Å². The number of hydrogen-bond acceptors (Lipinski definition) is 24. The minimum absolute atomic E-state index is 0.0486. The highest BCUT2D eigenvalue weighted by molar-refractivity contribution is 6.02. The molecule has 2 rings (SSSR count). The van der Waals surface area contributed by atoms with Gasteiger partial charge < -0.3 is 126 Å². The minimum atomic E-state index is -2.28. The fourth-order valence-electron chi connectivity index (χ4n) is 10.2. The summed E-state index contributed by atoms with van der Waals surface area (Å²) in [5.74, 6) is -30.7. The lowest BCUT2D eigenvalue weighted by Crippen LogP contribution is -2.63. The van der Waals surface area contributed by atoms with Gasteiger partial charge in [-0.15, -0.1) is 0 Å². The van der Waals surface area contributed by atoms with Crippen LogP contribution in [0.5, 0.6) is 0 Å². The first kappa shape index (κ1) is 93.1. The summed E-state index contributed by atoms with van der Waals surface area (Å²) in [5.41, 5.74) is 5.70. The molecule has 0 saturated carbocycles. The molecule has 0 spiro atoms. The van der Waals surface area contributed by atoms with E-state index in [4.69, 9.17) is 5.73 Å². The maximum Gasteiger partial charge on any atom is 0.326 e. The smallest absolute Gasteiger partial charge is 0.326 e. The molecule has 604 valence electrons. The highest BCUT2D eigenvalue weighted by Crippen LogP contribution is 2.19. The molecule has 1 aromatic rings. The van der Waals surface area contributed by atoms with E-state index in [9.17, 15) is 147 Å². The maximum atomic E-state index is 14.4. The molecule has 0 aromatic heterocycles. The van der Waals surface area contributed by atoms with Gasteiger partial charge in [-0.25, -0.2) is 4.79 Å². The summed E-state index contributed by atoms with van der Waals surface area (Å²) in [6, 6.07) is -20.4. The number of rotatable bonds is 46. The molecule has 1 aromatic carbocycles. The molecule has 0 aliphatic carbocycles. The highest BCUT2D eigenvalue weighted by atomic mass is 16.4. The fourth-order valence-corrected chi connectivity index (χ4v) is 10.2. The van der Waals surface area contributed by atoms with E-state index in [2.05, 4.69) is 47.9 Å². The predicted molar refractivity (Wildman–Crippen MR) is 365 cm³/mol. The molecule has 1 aliphatic heterocycles. The average Bonchev–Trinajstić information content (AvgIpc) is 1.76. The Morgan fingerprint density at radius 1 is 0.376 bits per heavy atom. The van der Waals surface area contributed by atoms with Crippen LogP contribution < -0.4 is 74.9 Å². The van der Waals surface area contributed by atoms with E-state index in [1.165, 1.54) is 58.0 Å². The van der Waals surface area contributed by atoms with Crippen LogP contribution in [-0.2, 0) is 107 Å². The lowest BCUT2D eigenvalue weighted by atomic mass is 10.0. The topological polar surface area (TPSA) is 726 Å². The third-order valence-corrected chi connectivity index (χ3v) is 16.1. The molecular formula is C64H93N15O30. The van der Waals surface area contributed by atoms with Gasteiger partial charge >= 0.3 is 41.8 Å². The van der Waals surface area contributed by atoms with Crippen molar-refractivity contribution in [3.05, 3.63) is 35.9 Å². The van der Waals surface area contributed by atoms with E-state index in [1.807, 2.05) is 21.3 Å². The normalized spacial score (nSPS) is 16.8. The molecule has 1 heterocycles. The third-order valence-electron chi connectivity index (χ3n) is 16.1. The summed E-state index contributed by atoms with van der Waals surface area (Å²) in [6.45, 7) is 8.91. The van der Waals surface area contributed by atoms with Crippen molar-refractivity contribution in [1.29, 1.82) is 0 Å². The van der Waals surface area contributed by atoms with Crippen LogP contribution in [0.3, 0.4) is 0 Å². The van der Waals surface area contributed by atoms with Gasteiger partial charge in [0, 0.05) is 19.4 Å². The Morgan fingerprint density at radius 3 is 1.07 bits per heavy atom. The van der Waals surface area contributed by atoms with Crippen LogP contribution in [0.4, 0.5) is 0 Å². The van der Waals surface area contributed by atoms with Crippen molar-refractivity contribution < 1.29 is 147 Å². The van der Waals surface area contributed by atoms with E-state index in [0.717, 1.165) is 32.6 Å². The number of carbonyl (C=O) groups is 21. The Kier molecular flexibility index (Phi) is 37.7. The van der Waals surface area contributed by atoms with E-state index < -0.39 is 285 Å². The number of aliphatic hydroxyl groups excluding tert-OH is 2. The van der Waals surface area contributed by atoms with Crippen LogP contribution in [-0.4, -0.2) is 285 Å². The molecule has 17 atom stereocenters. The number of carbonyl (C=O) groups excluding carboxylic acids is 14. The lowest BCUT2D eigenvalue weighted by molar-refractivity contribution is -0.149. The minimum Gasteiger partial charge on any atom is -0.481 e. The van der Waals surface area contributed by atoms with Gasteiger partial charge in [0.2, 0.25) is 82.7 Å². The van der Waals surface area contributed by atoms with Gasteiger partial charge in [0.15, 0.2) is 0 Å². The molecule has 45 nitrogen and oxygen atoms in total. The monoisotopic (exact) mass is 1550 g/mol. The van der Waals surface area contributed by atoms with Crippen molar-refractivity contribution in [3.8, 4) is 0 Å². The largest absolute Gasteiger partial charge is 0.481 e. The van der Waals surface area contributed by atoms with Crippen LogP contribution in [0.25, 0.3) is 0 Å². The zero-order chi connectivity index (χ0) is 83.2. The van der Waals surface area contributed by atoms with Gasteiger partial charge in [-0.3, -0.25) is 95.9 Å². The number of hydrogen-bond donors (Lipinski definition) is 23. The van der Waals surface area contributed by atoms with Gasteiger partial charge in [-0.2, -0.15) is 0 Å². The number of carboxylic acids is 7.